The molecule has 0 amide bonds. The van der Waals surface area contributed by atoms with Crippen LogP contribution in [0.25, 0.3) is 0 Å². The molecule has 0 unspecified atom stereocenters. The highest BCUT2D eigenvalue weighted by Gasteiger charge is 2.23. The van der Waals surface area contributed by atoms with Crippen LogP contribution >= 0.6 is 0 Å². The SMILES string of the molecule is COc1cc(CN2CC[C@@H](Nc3nnc(C)c(C)n3)C2)cc(OC)c1. The number of nitrogens with one attached hydrogen (secondary N) is 1. The molecule has 25 heavy (non-hydrogen) atoms. The molecule has 134 valence electrons. The first-order chi connectivity index (χ1) is 12.1. The van der Waals surface area contributed by atoms with Crippen LogP contribution in [0.4, 0.5) is 5.95 Å². The van der Waals surface area contributed by atoms with Crippen LogP contribution in [0.5, 0.6) is 11.5 Å². The van der Waals surface area contributed by atoms with Crippen molar-refractivity contribution in [1.82, 2.24) is 20.1 Å². The second kappa shape index (κ2) is 7.65. The fourth-order valence-electron chi connectivity index (χ4n) is 3.01. The molecule has 1 atom stereocenters. The van der Waals surface area contributed by atoms with E-state index in [9.17, 15) is 0 Å². The average Bonchev–Trinajstić information content (AvgIpc) is 3.04. The first kappa shape index (κ1) is 17.4. The van der Waals surface area contributed by atoms with Crippen molar-refractivity contribution < 1.29 is 9.47 Å². The zero-order valence-corrected chi connectivity index (χ0v) is 15.2. The molecule has 0 spiro atoms. The zero-order chi connectivity index (χ0) is 17.8. The maximum Gasteiger partial charge on any atom is 0.243 e. The summed E-state index contributed by atoms with van der Waals surface area (Å²) in [6, 6.07) is 6.33. The molecular formula is C18H25N5O2. The average molecular weight is 343 g/mol. The number of methoxy groups -OCH3 is 2. The molecule has 1 aromatic heterocycles. The molecule has 2 aromatic rings. The van der Waals surface area contributed by atoms with Crippen molar-refractivity contribution in [3.63, 3.8) is 0 Å². The summed E-state index contributed by atoms with van der Waals surface area (Å²) in [6.45, 7) is 6.69. The third-order valence-electron chi connectivity index (χ3n) is 4.51. The van der Waals surface area contributed by atoms with Gasteiger partial charge in [0, 0.05) is 31.7 Å². The van der Waals surface area contributed by atoms with Gasteiger partial charge in [0.05, 0.1) is 25.6 Å². The van der Waals surface area contributed by atoms with Gasteiger partial charge in [-0.05, 0) is 38.0 Å². The Morgan fingerprint density at radius 1 is 1.08 bits per heavy atom. The van der Waals surface area contributed by atoms with Gasteiger partial charge in [-0.3, -0.25) is 4.90 Å². The number of hydrogen-bond donors (Lipinski definition) is 1. The number of rotatable bonds is 6. The number of benzene rings is 1. The van der Waals surface area contributed by atoms with Crippen LogP contribution in [0.3, 0.4) is 0 Å². The van der Waals surface area contributed by atoms with Crippen molar-refractivity contribution in [2.24, 2.45) is 0 Å². The smallest absolute Gasteiger partial charge is 0.243 e. The zero-order valence-electron chi connectivity index (χ0n) is 15.2. The van der Waals surface area contributed by atoms with Crippen molar-refractivity contribution in [3.8, 4) is 11.5 Å². The number of likely N-dealkylation sites (tertiary alicyclic amines) is 1. The minimum atomic E-state index is 0.330. The molecule has 1 N–H and O–H groups in total. The third kappa shape index (κ3) is 4.36. The predicted octanol–water partition coefficient (Wildman–Crippen LogP) is 2.19. The van der Waals surface area contributed by atoms with Gasteiger partial charge in [-0.25, -0.2) is 4.98 Å². The van der Waals surface area contributed by atoms with Crippen molar-refractivity contribution in [2.75, 3.05) is 32.6 Å². The lowest BCUT2D eigenvalue weighted by molar-refractivity contribution is 0.326. The summed E-state index contributed by atoms with van der Waals surface area (Å²) in [5, 5.41) is 11.7. The Hall–Kier alpha value is -2.41. The number of aromatic nitrogens is 3. The molecule has 7 nitrogen and oxygen atoms in total. The Morgan fingerprint density at radius 3 is 2.44 bits per heavy atom. The molecule has 1 aromatic carbocycles. The van der Waals surface area contributed by atoms with Gasteiger partial charge in [0.2, 0.25) is 5.95 Å². The van der Waals surface area contributed by atoms with Crippen molar-refractivity contribution in [3.05, 3.63) is 35.2 Å². The Morgan fingerprint density at radius 2 is 1.80 bits per heavy atom. The van der Waals surface area contributed by atoms with Gasteiger partial charge in [0.25, 0.3) is 0 Å². The van der Waals surface area contributed by atoms with E-state index in [4.69, 9.17) is 9.47 Å². The fraction of sp³-hybridized carbons (Fsp3) is 0.500. The predicted molar refractivity (Wildman–Crippen MR) is 96.2 cm³/mol. The van der Waals surface area contributed by atoms with E-state index in [1.165, 1.54) is 5.56 Å². The number of ether oxygens (including phenoxy) is 2. The van der Waals surface area contributed by atoms with Gasteiger partial charge >= 0.3 is 0 Å². The van der Waals surface area contributed by atoms with Crippen LogP contribution < -0.4 is 14.8 Å². The van der Waals surface area contributed by atoms with Crippen LogP contribution in [-0.2, 0) is 6.54 Å². The molecule has 1 aliphatic rings. The second-order valence-corrected chi connectivity index (χ2v) is 6.39. The van der Waals surface area contributed by atoms with Crippen molar-refractivity contribution >= 4 is 5.95 Å². The van der Waals surface area contributed by atoms with Gasteiger partial charge in [0.1, 0.15) is 11.5 Å². The normalized spacial score (nSPS) is 17.5. The quantitative estimate of drug-likeness (QED) is 0.862. The summed E-state index contributed by atoms with van der Waals surface area (Å²) in [4.78, 5) is 6.86. The minimum Gasteiger partial charge on any atom is -0.497 e. The van der Waals surface area contributed by atoms with Gasteiger partial charge in [-0.2, -0.15) is 5.10 Å². The van der Waals surface area contributed by atoms with Crippen LogP contribution in [0.1, 0.15) is 23.4 Å². The molecule has 1 fully saturated rings. The van der Waals surface area contributed by atoms with E-state index in [1.807, 2.05) is 19.9 Å². The van der Waals surface area contributed by atoms with Crippen molar-refractivity contribution in [1.29, 1.82) is 0 Å². The molecule has 2 heterocycles. The highest BCUT2D eigenvalue weighted by molar-refractivity contribution is 5.38. The van der Waals surface area contributed by atoms with E-state index in [0.29, 0.717) is 12.0 Å². The first-order valence-corrected chi connectivity index (χ1v) is 8.46. The first-order valence-electron chi connectivity index (χ1n) is 8.46. The van der Waals surface area contributed by atoms with E-state index in [1.54, 1.807) is 14.2 Å². The number of nitrogens with zero attached hydrogens (tertiary/aromatic N) is 4. The molecule has 0 radical (unpaired) electrons. The van der Waals surface area contributed by atoms with Gasteiger partial charge < -0.3 is 14.8 Å². The maximum absolute atomic E-state index is 5.35. The molecule has 0 saturated carbocycles. The summed E-state index contributed by atoms with van der Waals surface area (Å²) >= 11 is 0. The van der Waals surface area contributed by atoms with Gasteiger partial charge in [0.15, 0.2) is 0 Å². The largest absolute Gasteiger partial charge is 0.497 e. The van der Waals surface area contributed by atoms with E-state index in [0.717, 1.165) is 48.9 Å². The Balaban J connectivity index is 1.60. The molecule has 1 aliphatic heterocycles. The molecule has 0 aliphatic carbocycles. The lowest BCUT2D eigenvalue weighted by atomic mass is 10.2. The van der Waals surface area contributed by atoms with Crippen LogP contribution in [0, 0.1) is 13.8 Å². The lowest BCUT2D eigenvalue weighted by Gasteiger charge is -2.18. The van der Waals surface area contributed by atoms with Crippen molar-refractivity contribution in [2.45, 2.75) is 32.9 Å². The van der Waals surface area contributed by atoms with E-state index >= 15 is 0 Å². The molecule has 7 heteroatoms. The summed E-state index contributed by atoms with van der Waals surface area (Å²) in [5.74, 6) is 2.24. The Labute approximate surface area is 148 Å². The van der Waals surface area contributed by atoms with Crippen LogP contribution in [0.2, 0.25) is 0 Å². The van der Waals surface area contributed by atoms with E-state index in [2.05, 4.69) is 37.5 Å². The number of aryl methyl sites for hydroxylation is 2. The lowest BCUT2D eigenvalue weighted by Crippen LogP contribution is -2.27. The topological polar surface area (TPSA) is 72.4 Å². The highest BCUT2D eigenvalue weighted by Crippen LogP contribution is 2.24. The van der Waals surface area contributed by atoms with Gasteiger partial charge in [-0.1, -0.05) is 0 Å². The monoisotopic (exact) mass is 343 g/mol. The van der Waals surface area contributed by atoms with E-state index in [-0.39, 0.29) is 0 Å². The van der Waals surface area contributed by atoms with Crippen LogP contribution in [0.15, 0.2) is 18.2 Å². The molecule has 0 bridgehead atoms. The number of anilines is 1. The summed E-state index contributed by atoms with van der Waals surface area (Å²) in [6.07, 6.45) is 1.05. The summed E-state index contributed by atoms with van der Waals surface area (Å²) in [7, 11) is 3.35. The third-order valence-corrected chi connectivity index (χ3v) is 4.51. The standard InChI is InChI=1S/C18H25N5O2/c1-12-13(2)21-22-18(19-12)20-15-5-6-23(11-15)10-14-7-16(24-3)9-17(8-14)25-4/h7-9,15H,5-6,10-11H2,1-4H3,(H,19,20,22)/t15-/m1/s1. The molecule has 3 rings (SSSR count). The van der Waals surface area contributed by atoms with E-state index < -0.39 is 0 Å². The second-order valence-electron chi connectivity index (χ2n) is 6.39. The fourth-order valence-corrected chi connectivity index (χ4v) is 3.01. The summed E-state index contributed by atoms with van der Waals surface area (Å²) in [5.41, 5.74) is 2.96. The highest BCUT2D eigenvalue weighted by atomic mass is 16.5. The summed E-state index contributed by atoms with van der Waals surface area (Å²) < 4.78 is 10.7. The number of hydrogen-bond acceptors (Lipinski definition) is 7. The molecule has 1 saturated heterocycles. The Kier molecular flexibility index (Phi) is 5.33. The maximum atomic E-state index is 5.35. The Bertz CT molecular complexity index is 715. The van der Waals surface area contributed by atoms with Crippen LogP contribution in [-0.4, -0.2) is 53.4 Å². The van der Waals surface area contributed by atoms with Gasteiger partial charge in [-0.15, -0.1) is 5.10 Å². The minimum absolute atomic E-state index is 0.330. The molecular weight excluding hydrogens is 318 g/mol.